The summed E-state index contributed by atoms with van der Waals surface area (Å²) in [5.74, 6) is 1.04. The van der Waals surface area contributed by atoms with Gasteiger partial charge in [0.15, 0.2) is 0 Å². The summed E-state index contributed by atoms with van der Waals surface area (Å²) in [4.78, 5) is 13.9. The fourth-order valence-electron chi connectivity index (χ4n) is 2.30. The summed E-state index contributed by atoms with van der Waals surface area (Å²) in [6.45, 7) is 6.36. The van der Waals surface area contributed by atoms with Gasteiger partial charge in [-0.2, -0.15) is 0 Å². The smallest absolute Gasteiger partial charge is 0.222 e. The highest BCUT2D eigenvalue weighted by atomic mass is 35.5. The minimum absolute atomic E-state index is 0. The predicted octanol–water partition coefficient (Wildman–Crippen LogP) is 1.68. The standard InChI is InChI=1S/C13H26N2O2.ClH/c1-3-17-10-4-5-13(16)15-8-6-12(7-9-15)11-14-2;/h12,14H,3-11H2,1-2H3;1H. The van der Waals surface area contributed by atoms with Gasteiger partial charge in [0.05, 0.1) is 0 Å². The summed E-state index contributed by atoms with van der Waals surface area (Å²) in [7, 11) is 1.99. The van der Waals surface area contributed by atoms with E-state index in [1.807, 2.05) is 18.9 Å². The molecular formula is C13H27ClN2O2. The zero-order valence-electron chi connectivity index (χ0n) is 11.6. The molecule has 18 heavy (non-hydrogen) atoms. The zero-order chi connectivity index (χ0) is 12.5. The Hall–Kier alpha value is -0.320. The summed E-state index contributed by atoms with van der Waals surface area (Å²) in [5.41, 5.74) is 0. The molecule has 0 aliphatic carbocycles. The maximum atomic E-state index is 11.9. The van der Waals surface area contributed by atoms with Gasteiger partial charge in [0.25, 0.3) is 0 Å². The first-order valence-electron chi connectivity index (χ1n) is 6.78. The maximum absolute atomic E-state index is 11.9. The van der Waals surface area contributed by atoms with Crippen molar-refractivity contribution in [3.05, 3.63) is 0 Å². The second kappa shape index (κ2) is 10.6. The second-order valence-electron chi connectivity index (χ2n) is 4.68. The molecule has 1 saturated heterocycles. The number of ether oxygens (including phenoxy) is 1. The number of halogens is 1. The van der Waals surface area contributed by atoms with Gasteiger partial charge in [0.1, 0.15) is 0 Å². The zero-order valence-corrected chi connectivity index (χ0v) is 12.4. The minimum Gasteiger partial charge on any atom is -0.382 e. The van der Waals surface area contributed by atoms with Gasteiger partial charge in [0.2, 0.25) is 5.91 Å². The van der Waals surface area contributed by atoms with Gasteiger partial charge in [0, 0.05) is 32.7 Å². The van der Waals surface area contributed by atoms with Crippen molar-refractivity contribution in [1.82, 2.24) is 10.2 Å². The Bertz CT molecular complexity index is 219. The van der Waals surface area contributed by atoms with Crippen molar-refractivity contribution in [3.63, 3.8) is 0 Å². The molecule has 1 N–H and O–H groups in total. The monoisotopic (exact) mass is 278 g/mol. The molecule has 1 aliphatic heterocycles. The molecule has 0 bridgehead atoms. The van der Waals surface area contributed by atoms with E-state index in [0.29, 0.717) is 18.9 Å². The number of hydrogen-bond donors (Lipinski definition) is 1. The molecule has 0 atom stereocenters. The molecule has 1 aliphatic rings. The van der Waals surface area contributed by atoms with Crippen molar-refractivity contribution < 1.29 is 9.53 Å². The van der Waals surface area contributed by atoms with Gasteiger partial charge < -0.3 is 15.0 Å². The average Bonchev–Trinajstić information content (AvgIpc) is 2.36. The summed E-state index contributed by atoms with van der Waals surface area (Å²) in [5, 5.41) is 3.21. The quantitative estimate of drug-likeness (QED) is 0.721. The summed E-state index contributed by atoms with van der Waals surface area (Å²) < 4.78 is 5.24. The van der Waals surface area contributed by atoms with Gasteiger partial charge in [-0.3, -0.25) is 4.79 Å². The lowest BCUT2D eigenvalue weighted by atomic mass is 9.96. The Labute approximate surface area is 117 Å². The molecule has 1 heterocycles. The highest BCUT2D eigenvalue weighted by molar-refractivity contribution is 5.85. The number of rotatable bonds is 7. The highest BCUT2D eigenvalue weighted by Crippen LogP contribution is 2.17. The lowest BCUT2D eigenvalue weighted by Crippen LogP contribution is -2.40. The Morgan fingerprint density at radius 3 is 2.61 bits per heavy atom. The normalized spacial score (nSPS) is 16.4. The van der Waals surface area contributed by atoms with Crippen molar-refractivity contribution in [2.75, 3.05) is 39.9 Å². The van der Waals surface area contributed by atoms with Crippen LogP contribution in [-0.2, 0) is 9.53 Å². The fraction of sp³-hybridized carbons (Fsp3) is 0.923. The van der Waals surface area contributed by atoms with E-state index in [0.717, 1.165) is 51.4 Å². The fourth-order valence-corrected chi connectivity index (χ4v) is 2.30. The van der Waals surface area contributed by atoms with E-state index in [1.165, 1.54) is 0 Å². The van der Waals surface area contributed by atoms with Crippen molar-refractivity contribution >= 4 is 18.3 Å². The SMILES string of the molecule is CCOCCCC(=O)N1CCC(CNC)CC1.Cl. The van der Waals surface area contributed by atoms with Crippen LogP contribution in [0.15, 0.2) is 0 Å². The van der Waals surface area contributed by atoms with E-state index >= 15 is 0 Å². The lowest BCUT2D eigenvalue weighted by Gasteiger charge is -2.32. The summed E-state index contributed by atoms with van der Waals surface area (Å²) in [6, 6.07) is 0. The Balaban J connectivity index is 0.00000289. The molecule has 0 spiro atoms. The summed E-state index contributed by atoms with van der Waals surface area (Å²) in [6.07, 6.45) is 3.76. The number of amides is 1. The molecule has 0 radical (unpaired) electrons. The van der Waals surface area contributed by atoms with Gasteiger partial charge in [-0.15, -0.1) is 12.4 Å². The molecule has 4 nitrogen and oxygen atoms in total. The van der Waals surface area contributed by atoms with Crippen LogP contribution in [0.3, 0.4) is 0 Å². The third-order valence-electron chi connectivity index (χ3n) is 3.34. The first-order chi connectivity index (χ1) is 8.27. The topological polar surface area (TPSA) is 41.6 Å². The molecule has 0 aromatic carbocycles. The van der Waals surface area contributed by atoms with E-state index in [4.69, 9.17) is 4.74 Å². The second-order valence-corrected chi connectivity index (χ2v) is 4.68. The number of carbonyl (C=O) groups is 1. The van der Waals surface area contributed by atoms with Crippen molar-refractivity contribution in [2.45, 2.75) is 32.6 Å². The maximum Gasteiger partial charge on any atom is 0.222 e. The molecule has 0 aromatic heterocycles. The number of hydrogen-bond acceptors (Lipinski definition) is 3. The predicted molar refractivity (Wildman–Crippen MR) is 76.2 cm³/mol. The minimum atomic E-state index is 0. The van der Waals surface area contributed by atoms with E-state index in [2.05, 4.69) is 5.32 Å². The highest BCUT2D eigenvalue weighted by Gasteiger charge is 2.21. The molecule has 0 aromatic rings. The van der Waals surface area contributed by atoms with E-state index in [9.17, 15) is 4.79 Å². The summed E-state index contributed by atoms with van der Waals surface area (Å²) >= 11 is 0. The van der Waals surface area contributed by atoms with Crippen molar-refractivity contribution in [3.8, 4) is 0 Å². The molecule has 5 heteroatoms. The van der Waals surface area contributed by atoms with E-state index in [-0.39, 0.29) is 12.4 Å². The Kier molecular flexibility index (Phi) is 10.4. The van der Waals surface area contributed by atoms with E-state index in [1.54, 1.807) is 0 Å². The Morgan fingerprint density at radius 2 is 2.06 bits per heavy atom. The van der Waals surface area contributed by atoms with Gasteiger partial charge >= 0.3 is 0 Å². The largest absolute Gasteiger partial charge is 0.382 e. The van der Waals surface area contributed by atoms with Crippen LogP contribution in [0.25, 0.3) is 0 Å². The first kappa shape index (κ1) is 17.7. The van der Waals surface area contributed by atoms with Crippen LogP contribution in [0.1, 0.15) is 32.6 Å². The third kappa shape index (κ3) is 6.57. The van der Waals surface area contributed by atoms with Crippen LogP contribution in [0.4, 0.5) is 0 Å². The molecule has 108 valence electrons. The number of piperidine rings is 1. The number of nitrogens with zero attached hydrogens (tertiary/aromatic N) is 1. The van der Waals surface area contributed by atoms with Crippen LogP contribution >= 0.6 is 12.4 Å². The van der Waals surface area contributed by atoms with E-state index < -0.39 is 0 Å². The lowest BCUT2D eigenvalue weighted by molar-refractivity contribution is -0.132. The molecule has 0 saturated carbocycles. The van der Waals surface area contributed by atoms with Crippen molar-refractivity contribution in [1.29, 1.82) is 0 Å². The molecule has 1 rings (SSSR count). The van der Waals surface area contributed by atoms with Crippen LogP contribution < -0.4 is 5.32 Å². The van der Waals surface area contributed by atoms with Crippen LogP contribution in [0.5, 0.6) is 0 Å². The number of nitrogens with one attached hydrogen (secondary N) is 1. The molecule has 1 fully saturated rings. The number of carbonyl (C=O) groups excluding carboxylic acids is 1. The number of likely N-dealkylation sites (tertiary alicyclic amines) is 1. The molecular weight excluding hydrogens is 252 g/mol. The third-order valence-corrected chi connectivity index (χ3v) is 3.34. The van der Waals surface area contributed by atoms with Gasteiger partial charge in [-0.05, 0) is 45.7 Å². The first-order valence-corrected chi connectivity index (χ1v) is 6.78. The molecule has 1 amide bonds. The van der Waals surface area contributed by atoms with Gasteiger partial charge in [-0.1, -0.05) is 0 Å². The Morgan fingerprint density at radius 1 is 1.39 bits per heavy atom. The molecule has 0 unspecified atom stereocenters. The van der Waals surface area contributed by atoms with Crippen LogP contribution in [0.2, 0.25) is 0 Å². The van der Waals surface area contributed by atoms with Crippen LogP contribution in [-0.4, -0.2) is 50.7 Å². The van der Waals surface area contributed by atoms with Crippen LogP contribution in [0, 0.1) is 5.92 Å². The van der Waals surface area contributed by atoms with Gasteiger partial charge in [-0.25, -0.2) is 0 Å². The van der Waals surface area contributed by atoms with Crippen molar-refractivity contribution in [2.24, 2.45) is 5.92 Å². The average molecular weight is 279 g/mol.